The molecular formula is C13H12N6O2S. The van der Waals surface area contributed by atoms with E-state index >= 15 is 0 Å². The second-order valence-electron chi connectivity index (χ2n) is 4.95. The van der Waals surface area contributed by atoms with Crippen molar-refractivity contribution in [3.8, 4) is 16.9 Å². The van der Waals surface area contributed by atoms with Crippen LogP contribution in [-0.2, 0) is 16.6 Å². The van der Waals surface area contributed by atoms with Crippen LogP contribution in [0.5, 0.6) is 0 Å². The molecule has 3 aromatic rings. The van der Waals surface area contributed by atoms with Gasteiger partial charge in [-0.05, 0) is 12.1 Å². The molecule has 0 amide bonds. The summed E-state index contributed by atoms with van der Waals surface area (Å²) in [6.07, 6.45) is 3.36. The number of nitrogens with zero attached hydrogens (tertiary/aromatic N) is 3. The molecule has 22 heavy (non-hydrogen) atoms. The molecule has 0 unspecified atom stereocenters. The smallest absolute Gasteiger partial charge is 0.240 e. The molecule has 0 fully saturated rings. The topological polar surface area (TPSA) is 119 Å². The Morgan fingerprint density at radius 3 is 2.86 bits per heavy atom. The molecule has 0 spiro atoms. The Balaban J connectivity index is 2.01. The maximum atomic E-state index is 11.8. The SMILES string of the molecule is NS(=O)(=O)c1ccccc1-n1ncc2c1-c1cn[nH]c1CN2. The molecule has 0 saturated carbocycles. The number of primary sulfonamides is 1. The van der Waals surface area contributed by atoms with Crippen LogP contribution in [0.25, 0.3) is 16.9 Å². The van der Waals surface area contributed by atoms with Gasteiger partial charge in [-0.1, -0.05) is 12.1 Å². The van der Waals surface area contributed by atoms with E-state index in [0.717, 1.165) is 22.6 Å². The van der Waals surface area contributed by atoms with E-state index in [1.807, 2.05) is 0 Å². The molecule has 1 aromatic carbocycles. The van der Waals surface area contributed by atoms with Gasteiger partial charge >= 0.3 is 0 Å². The third-order valence-corrected chi connectivity index (χ3v) is 4.56. The summed E-state index contributed by atoms with van der Waals surface area (Å²) in [5.74, 6) is 0. The van der Waals surface area contributed by atoms with Gasteiger partial charge in [0.1, 0.15) is 10.6 Å². The van der Waals surface area contributed by atoms with Crippen molar-refractivity contribution in [3.63, 3.8) is 0 Å². The van der Waals surface area contributed by atoms with E-state index in [0.29, 0.717) is 12.2 Å². The average molecular weight is 316 g/mol. The van der Waals surface area contributed by atoms with Gasteiger partial charge in [0.05, 0.1) is 36.0 Å². The first kappa shape index (κ1) is 13.0. The molecule has 112 valence electrons. The zero-order valence-electron chi connectivity index (χ0n) is 11.3. The first-order valence-electron chi connectivity index (χ1n) is 6.52. The third kappa shape index (κ3) is 1.83. The average Bonchev–Trinajstić information content (AvgIpc) is 3.12. The predicted molar refractivity (Wildman–Crippen MR) is 79.8 cm³/mol. The van der Waals surface area contributed by atoms with Gasteiger partial charge in [-0.3, -0.25) is 5.10 Å². The third-order valence-electron chi connectivity index (χ3n) is 3.60. The lowest BCUT2D eigenvalue weighted by atomic mass is 10.1. The van der Waals surface area contributed by atoms with E-state index < -0.39 is 10.0 Å². The fourth-order valence-electron chi connectivity index (χ4n) is 2.63. The first-order valence-corrected chi connectivity index (χ1v) is 8.07. The number of para-hydroxylation sites is 1. The van der Waals surface area contributed by atoms with Crippen molar-refractivity contribution in [2.75, 3.05) is 5.32 Å². The standard InChI is InChI=1S/C13H12N6O2S/c14-22(20,21)12-4-2-1-3-11(12)19-13-8-5-16-18-9(8)6-15-10(13)7-17-19/h1-5,7,15H,6H2,(H,16,18)(H2,14,20,21). The minimum absolute atomic E-state index is 0.0246. The second kappa shape index (κ2) is 4.42. The van der Waals surface area contributed by atoms with Crippen molar-refractivity contribution < 1.29 is 8.42 Å². The van der Waals surface area contributed by atoms with Gasteiger partial charge in [0.25, 0.3) is 0 Å². The number of hydrogen-bond donors (Lipinski definition) is 3. The highest BCUT2D eigenvalue weighted by molar-refractivity contribution is 7.89. The Morgan fingerprint density at radius 2 is 2.05 bits per heavy atom. The summed E-state index contributed by atoms with van der Waals surface area (Å²) in [5, 5.41) is 19.8. The Labute approximate surface area is 126 Å². The molecule has 0 radical (unpaired) electrons. The molecule has 4 N–H and O–H groups in total. The van der Waals surface area contributed by atoms with E-state index in [-0.39, 0.29) is 4.90 Å². The van der Waals surface area contributed by atoms with Crippen LogP contribution in [0.3, 0.4) is 0 Å². The predicted octanol–water partition coefficient (Wildman–Crippen LogP) is 0.835. The van der Waals surface area contributed by atoms with Crippen LogP contribution < -0.4 is 10.5 Å². The number of benzene rings is 1. The number of nitrogens with one attached hydrogen (secondary N) is 2. The van der Waals surface area contributed by atoms with Crippen molar-refractivity contribution in [1.29, 1.82) is 0 Å². The van der Waals surface area contributed by atoms with Crippen molar-refractivity contribution in [2.45, 2.75) is 11.4 Å². The summed E-state index contributed by atoms with van der Waals surface area (Å²) < 4.78 is 25.2. The Morgan fingerprint density at radius 1 is 1.23 bits per heavy atom. The van der Waals surface area contributed by atoms with E-state index in [1.54, 1.807) is 35.3 Å². The van der Waals surface area contributed by atoms with E-state index in [4.69, 9.17) is 5.14 Å². The number of aromatic amines is 1. The minimum Gasteiger partial charge on any atom is -0.376 e. The molecule has 1 aliphatic rings. The molecule has 2 aromatic heterocycles. The Bertz CT molecular complexity index is 972. The van der Waals surface area contributed by atoms with E-state index in [9.17, 15) is 8.42 Å². The van der Waals surface area contributed by atoms with Gasteiger partial charge in [-0.15, -0.1) is 0 Å². The van der Waals surface area contributed by atoms with Gasteiger partial charge in [-0.25, -0.2) is 18.2 Å². The van der Waals surface area contributed by atoms with Crippen LogP contribution in [0.1, 0.15) is 5.69 Å². The van der Waals surface area contributed by atoms with Crippen molar-refractivity contribution >= 4 is 15.7 Å². The Kier molecular flexibility index (Phi) is 2.62. The molecule has 0 aliphatic carbocycles. The van der Waals surface area contributed by atoms with Crippen LogP contribution in [0.2, 0.25) is 0 Å². The quantitative estimate of drug-likeness (QED) is 0.647. The number of nitrogens with two attached hydrogens (primary N) is 1. The number of aromatic nitrogens is 4. The zero-order chi connectivity index (χ0) is 15.3. The summed E-state index contributed by atoms with van der Waals surface area (Å²) >= 11 is 0. The lowest BCUT2D eigenvalue weighted by Crippen LogP contribution is -2.16. The molecule has 0 saturated heterocycles. The largest absolute Gasteiger partial charge is 0.376 e. The summed E-state index contributed by atoms with van der Waals surface area (Å²) in [6.45, 7) is 0.616. The lowest BCUT2D eigenvalue weighted by molar-refractivity contribution is 0.596. The molecular weight excluding hydrogens is 304 g/mol. The van der Waals surface area contributed by atoms with Crippen LogP contribution in [0, 0.1) is 0 Å². The number of hydrogen-bond acceptors (Lipinski definition) is 5. The van der Waals surface area contributed by atoms with Gasteiger partial charge in [0, 0.05) is 5.56 Å². The molecule has 3 heterocycles. The van der Waals surface area contributed by atoms with Crippen LogP contribution >= 0.6 is 0 Å². The fourth-order valence-corrected chi connectivity index (χ4v) is 3.34. The second-order valence-corrected chi connectivity index (χ2v) is 6.48. The van der Waals surface area contributed by atoms with Crippen LogP contribution in [-0.4, -0.2) is 28.4 Å². The molecule has 4 rings (SSSR count). The maximum Gasteiger partial charge on any atom is 0.240 e. The summed E-state index contributed by atoms with van der Waals surface area (Å²) in [6, 6.07) is 6.50. The van der Waals surface area contributed by atoms with E-state index in [1.165, 1.54) is 6.07 Å². The minimum atomic E-state index is -3.85. The molecule has 9 heteroatoms. The highest BCUT2D eigenvalue weighted by Gasteiger charge is 2.25. The number of rotatable bonds is 2. The van der Waals surface area contributed by atoms with Crippen molar-refractivity contribution in [3.05, 3.63) is 42.4 Å². The molecule has 1 aliphatic heterocycles. The number of sulfonamides is 1. The van der Waals surface area contributed by atoms with Gasteiger partial charge in [-0.2, -0.15) is 10.2 Å². The zero-order valence-corrected chi connectivity index (χ0v) is 12.1. The van der Waals surface area contributed by atoms with Crippen LogP contribution in [0.4, 0.5) is 5.69 Å². The Hall–Kier alpha value is -2.65. The highest BCUT2D eigenvalue weighted by Crippen LogP contribution is 2.36. The first-order chi connectivity index (χ1) is 10.6. The monoisotopic (exact) mass is 316 g/mol. The number of anilines is 1. The van der Waals surface area contributed by atoms with E-state index in [2.05, 4.69) is 20.6 Å². The number of H-pyrrole nitrogens is 1. The van der Waals surface area contributed by atoms with Crippen molar-refractivity contribution in [2.24, 2.45) is 5.14 Å². The summed E-state index contributed by atoms with van der Waals surface area (Å²) in [4.78, 5) is 0.0246. The molecule has 0 atom stereocenters. The van der Waals surface area contributed by atoms with Crippen molar-refractivity contribution in [1.82, 2.24) is 20.0 Å². The number of fused-ring (bicyclic) bond motifs is 3. The van der Waals surface area contributed by atoms with Gasteiger partial charge in [0.2, 0.25) is 10.0 Å². The molecule has 0 bridgehead atoms. The summed E-state index contributed by atoms with van der Waals surface area (Å²) in [5.41, 5.74) is 3.78. The highest BCUT2D eigenvalue weighted by atomic mass is 32.2. The fraction of sp³-hybridized carbons (Fsp3) is 0.0769. The maximum absolute atomic E-state index is 11.8. The summed E-state index contributed by atoms with van der Waals surface area (Å²) in [7, 11) is -3.85. The molecule has 8 nitrogen and oxygen atoms in total. The van der Waals surface area contributed by atoms with Gasteiger partial charge in [0.15, 0.2) is 0 Å². The van der Waals surface area contributed by atoms with Crippen LogP contribution in [0.15, 0.2) is 41.6 Å². The normalized spacial score (nSPS) is 13.3. The van der Waals surface area contributed by atoms with Gasteiger partial charge < -0.3 is 5.32 Å². The lowest BCUT2D eigenvalue weighted by Gasteiger charge is -2.17.